The summed E-state index contributed by atoms with van der Waals surface area (Å²) < 4.78 is 17.4. The van der Waals surface area contributed by atoms with Crippen molar-refractivity contribution in [2.75, 3.05) is 11.5 Å². The van der Waals surface area contributed by atoms with Gasteiger partial charge in [0.05, 0.1) is 5.75 Å². The molecule has 27 heavy (non-hydrogen) atoms. The number of halogens is 1. The maximum Gasteiger partial charge on any atom is 0.222 e. The highest BCUT2D eigenvalue weighted by Gasteiger charge is 2.29. The number of nitrogens with two attached hydrogens (primary N) is 1. The SMILES string of the molecule is Cc1cc(C(=O)CSc2nnc(N)n2C2CC2)c(C)n1-c1cccc(F)c1. The Bertz CT molecular complexity index is 1020. The Morgan fingerprint density at radius 2 is 2.07 bits per heavy atom. The minimum atomic E-state index is -0.305. The zero-order valence-corrected chi connectivity index (χ0v) is 16.0. The molecular formula is C19H20FN5OS. The van der Waals surface area contributed by atoms with E-state index in [-0.39, 0.29) is 17.4 Å². The number of aromatic nitrogens is 4. The number of carbonyl (C=O) groups is 1. The molecule has 8 heteroatoms. The molecule has 2 N–H and O–H groups in total. The minimum Gasteiger partial charge on any atom is -0.368 e. The van der Waals surface area contributed by atoms with E-state index in [0.717, 1.165) is 24.2 Å². The van der Waals surface area contributed by atoms with Crippen LogP contribution in [0.1, 0.15) is 40.6 Å². The number of ketones is 1. The van der Waals surface area contributed by atoms with Gasteiger partial charge in [0, 0.05) is 28.7 Å². The number of anilines is 1. The molecule has 3 aromatic rings. The second-order valence-corrected chi connectivity index (χ2v) is 7.70. The van der Waals surface area contributed by atoms with Crippen molar-refractivity contribution in [1.29, 1.82) is 0 Å². The molecule has 1 aromatic carbocycles. The Kier molecular flexibility index (Phi) is 4.51. The van der Waals surface area contributed by atoms with Crippen molar-refractivity contribution in [3.8, 4) is 5.69 Å². The molecule has 0 amide bonds. The van der Waals surface area contributed by atoms with Crippen LogP contribution >= 0.6 is 11.8 Å². The standard InChI is InChI=1S/C19H20FN5OS/c1-11-8-16(12(2)24(11)15-5-3-4-13(20)9-15)17(26)10-27-19-23-22-18(21)25(19)14-6-7-14/h3-5,8-9,14H,6-7,10H2,1-2H3,(H2,21,22). The van der Waals surface area contributed by atoms with Gasteiger partial charge in [0.15, 0.2) is 10.9 Å². The van der Waals surface area contributed by atoms with Crippen LogP contribution in [0.4, 0.5) is 10.3 Å². The highest BCUT2D eigenvalue weighted by Crippen LogP contribution is 2.39. The number of carbonyl (C=O) groups excluding carboxylic acids is 1. The number of Topliss-reactive ketones (excluding diaryl/α,β-unsaturated/α-hetero) is 1. The van der Waals surface area contributed by atoms with Crippen molar-refractivity contribution in [2.45, 2.75) is 37.9 Å². The van der Waals surface area contributed by atoms with E-state index in [1.165, 1.54) is 23.9 Å². The molecule has 2 heterocycles. The fourth-order valence-electron chi connectivity index (χ4n) is 3.33. The highest BCUT2D eigenvalue weighted by atomic mass is 32.2. The van der Waals surface area contributed by atoms with Crippen molar-refractivity contribution in [2.24, 2.45) is 0 Å². The lowest BCUT2D eigenvalue weighted by atomic mass is 10.2. The molecule has 0 unspecified atom stereocenters. The fraction of sp³-hybridized carbons (Fsp3) is 0.316. The van der Waals surface area contributed by atoms with Crippen LogP contribution in [0.25, 0.3) is 5.69 Å². The number of nitrogens with zero attached hydrogens (tertiary/aromatic N) is 4. The Hall–Kier alpha value is -2.61. The van der Waals surface area contributed by atoms with Gasteiger partial charge in [0.2, 0.25) is 5.95 Å². The summed E-state index contributed by atoms with van der Waals surface area (Å²) in [5.74, 6) is 0.343. The predicted molar refractivity (Wildman–Crippen MR) is 103 cm³/mol. The molecule has 0 atom stereocenters. The monoisotopic (exact) mass is 385 g/mol. The van der Waals surface area contributed by atoms with E-state index in [0.29, 0.717) is 28.4 Å². The molecular weight excluding hydrogens is 365 g/mol. The molecule has 1 fully saturated rings. The molecule has 0 radical (unpaired) electrons. The van der Waals surface area contributed by atoms with E-state index in [4.69, 9.17) is 5.73 Å². The van der Waals surface area contributed by atoms with Crippen LogP contribution in [0.3, 0.4) is 0 Å². The van der Waals surface area contributed by atoms with Crippen LogP contribution < -0.4 is 5.73 Å². The lowest BCUT2D eigenvalue weighted by molar-refractivity contribution is 0.102. The van der Waals surface area contributed by atoms with Gasteiger partial charge in [-0.1, -0.05) is 17.8 Å². The number of hydrogen-bond donors (Lipinski definition) is 1. The van der Waals surface area contributed by atoms with Gasteiger partial charge in [-0.05, 0) is 51.0 Å². The van der Waals surface area contributed by atoms with Crippen molar-refractivity contribution < 1.29 is 9.18 Å². The van der Waals surface area contributed by atoms with Gasteiger partial charge >= 0.3 is 0 Å². The molecule has 140 valence electrons. The summed E-state index contributed by atoms with van der Waals surface area (Å²) in [4.78, 5) is 12.8. The minimum absolute atomic E-state index is 0.000304. The maximum absolute atomic E-state index is 13.6. The molecule has 0 spiro atoms. The number of nitrogen functional groups attached to an aromatic ring is 1. The van der Waals surface area contributed by atoms with Crippen molar-refractivity contribution >= 4 is 23.5 Å². The average Bonchev–Trinajstić information content (AvgIpc) is 3.33. The molecule has 0 aliphatic heterocycles. The number of benzene rings is 1. The first-order valence-corrected chi connectivity index (χ1v) is 9.75. The van der Waals surface area contributed by atoms with Crippen molar-refractivity contribution in [1.82, 2.24) is 19.3 Å². The molecule has 0 bridgehead atoms. The number of rotatable bonds is 6. The number of hydrogen-bond acceptors (Lipinski definition) is 5. The summed E-state index contributed by atoms with van der Waals surface area (Å²) in [6.45, 7) is 3.78. The van der Waals surface area contributed by atoms with Crippen LogP contribution in [-0.4, -0.2) is 30.9 Å². The average molecular weight is 385 g/mol. The first-order valence-electron chi connectivity index (χ1n) is 8.77. The molecule has 6 nitrogen and oxygen atoms in total. The van der Waals surface area contributed by atoms with Gasteiger partial charge in [0.25, 0.3) is 0 Å². The summed E-state index contributed by atoms with van der Waals surface area (Å²) in [5, 5.41) is 8.71. The van der Waals surface area contributed by atoms with Crippen molar-refractivity contribution in [3.63, 3.8) is 0 Å². The third-order valence-electron chi connectivity index (χ3n) is 4.73. The topological polar surface area (TPSA) is 78.7 Å². The van der Waals surface area contributed by atoms with Crippen LogP contribution in [0.2, 0.25) is 0 Å². The second-order valence-electron chi connectivity index (χ2n) is 6.75. The van der Waals surface area contributed by atoms with Crippen LogP contribution in [0, 0.1) is 19.7 Å². The number of thioether (sulfide) groups is 1. The third-order valence-corrected chi connectivity index (χ3v) is 5.68. The van der Waals surface area contributed by atoms with Gasteiger partial charge < -0.3 is 10.3 Å². The molecule has 1 saturated carbocycles. The maximum atomic E-state index is 13.6. The molecule has 1 aliphatic carbocycles. The lowest BCUT2D eigenvalue weighted by Gasteiger charge is -2.10. The summed E-state index contributed by atoms with van der Waals surface area (Å²) in [7, 11) is 0. The Labute approximate surface area is 160 Å². The summed E-state index contributed by atoms with van der Waals surface area (Å²) in [5.41, 5.74) is 8.91. The van der Waals surface area contributed by atoms with Gasteiger partial charge in [-0.2, -0.15) is 0 Å². The largest absolute Gasteiger partial charge is 0.368 e. The number of aryl methyl sites for hydroxylation is 1. The Morgan fingerprint density at radius 1 is 1.30 bits per heavy atom. The zero-order valence-electron chi connectivity index (χ0n) is 15.1. The lowest BCUT2D eigenvalue weighted by Crippen LogP contribution is -2.07. The van der Waals surface area contributed by atoms with Crippen LogP contribution in [-0.2, 0) is 0 Å². The van der Waals surface area contributed by atoms with E-state index in [9.17, 15) is 9.18 Å². The molecule has 1 aliphatic rings. The smallest absolute Gasteiger partial charge is 0.222 e. The normalized spacial score (nSPS) is 13.9. The third kappa shape index (κ3) is 3.37. The molecule has 2 aromatic heterocycles. The van der Waals surface area contributed by atoms with E-state index in [2.05, 4.69) is 10.2 Å². The predicted octanol–water partition coefficient (Wildman–Crippen LogP) is 3.72. The molecule has 0 saturated heterocycles. The summed E-state index contributed by atoms with van der Waals surface area (Å²) >= 11 is 1.35. The fourth-order valence-corrected chi connectivity index (χ4v) is 4.22. The summed E-state index contributed by atoms with van der Waals surface area (Å²) in [6.07, 6.45) is 2.14. The first kappa shape index (κ1) is 17.8. The Balaban J connectivity index is 1.55. The van der Waals surface area contributed by atoms with Gasteiger partial charge in [0.1, 0.15) is 5.82 Å². The van der Waals surface area contributed by atoms with Crippen LogP contribution in [0.5, 0.6) is 0 Å². The van der Waals surface area contributed by atoms with E-state index >= 15 is 0 Å². The quantitative estimate of drug-likeness (QED) is 0.517. The van der Waals surface area contributed by atoms with E-state index < -0.39 is 0 Å². The highest BCUT2D eigenvalue weighted by molar-refractivity contribution is 7.99. The second kappa shape index (κ2) is 6.84. The summed E-state index contributed by atoms with van der Waals surface area (Å²) in [6, 6.07) is 8.56. The van der Waals surface area contributed by atoms with E-state index in [1.807, 2.05) is 35.1 Å². The van der Waals surface area contributed by atoms with E-state index in [1.54, 1.807) is 6.07 Å². The van der Waals surface area contributed by atoms with Gasteiger partial charge in [-0.15, -0.1) is 10.2 Å². The van der Waals surface area contributed by atoms with Crippen molar-refractivity contribution in [3.05, 3.63) is 53.1 Å². The first-order chi connectivity index (χ1) is 13.0. The molecule has 4 rings (SSSR count). The van der Waals surface area contributed by atoms with Gasteiger partial charge in [-0.25, -0.2) is 4.39 Å². The van der Waals surface area contributed by atoms with Gasteiger partial charge in [-0.3, -0.25) is 9.36 Å². The zero-order chi connectivity index (χ0) is 19.1. The Morgan fingerprint density at radius 3 is 2.78 bits per heavy atom. The van der Waals surface area contributed by atoms with Crippen LogP contribution in [0.15, 0.2) is 35.5 Å².